The Labute approximate surface area is 403 Å². The van der Waals surface area contributed by atoms with Crippen molar-refractivity contribution >= 4 is 44.3 Å². The average Bonchev–Trinajstić information content (AvgIpc) is 4.18. The third-order valence-corrected chi connectivity index (χ3v) is 21.0. The Bertz CT molecular complexity index is 1420. The number of carbonyl (C=O) groups is 3. The average molecular weight is 1010 g/mol. The highest BCUT2D eigenvalue weighted by atomic mass is 28.4. The van der Waals surface area contributed by atoms with Crippen LogP contribution in [0.3, 0.4) is 0 Å². The van der Waals surface area contributed by atoms with E-state index in [9.17, 15) is 14.4 Å². The highest BCUT2D eigenvalue weighted by Gasteiger charge is 2.53. The summed E-state index contributed by atoms with van der Waals surface area (Å²) in [6.45, 7) is 7.26. The lowest BCUT2D eigenvalue weighted by atomic mass is 9.67. The fraction of sp³-hybridized carbons (Fsp3) is 0.891. The third kappa shape index (κ3) is 21.3. The van der Waals surface area contributed by atoms with E-state index in [1.165, 1.54) is 42.7 Å². The largest absolute Gasteiger partial charge is 0.567 e. The molecule has 4 rings (SSSR count). The number of allylic oxidation sites excluding steroid dienone is 2. The van der Waals surface area contributed by atoms with Gasteiger partial charge in [0.1, 0.15) is 18.3 Å². The van der Waals surface area contributed by atoms with Crippen molar-refractivity contribution in [2.24, 2.45) is 23.7 Å². The lowest BCUT2D eigenvalue weighted by molar-refractivity contribution is -0.160. The van der Waals surface area contributed by atoms with Crippen molar-refractivity contribution in [2.75, 3.05) is 102 Å². The van der Waals surface area contributed by atoms with Gasteiger partial charge < -0.3 is 68.3 Å². The minimum Gasteiger partial charge on any atom is -0.473 e. The Balaban J connectivity index is 1.42. The summed E-state index contributed by atoms with van der Waals surface area (Å²) in [4.78, 5) is 42.6. The molecule has 3 aliphatic heterocycles. The third-order valence-electron chi connectivity index (χ3n) is 12.8. The molecule has 0 saturated carbocycles. The zero-order valence-corrected chi connectivity index (χ0v) is 44.6. The van der Waals surface area contributed by atoms with Gasteiger partial charge in [-0.3, -0.25) is 14.4 Å². The van der Waals surface area contributed by atoms with E-state index in [0.29, 0.717) is 110 Å². The van der Waals surface area contributed by atoms with Crippen LogP contribution >= 0.6 is 0 Å². The summed E-state index contributed by atoms with van der Waals surface area (Å²) in [6, 6.07) is 1.17. The summed E-state index contributed by atoms with van der Waals surface area (Å²) in [5.41, 5.74) is 0. The highest BCUT2D eigenvalue weighted by Crippen LogP contribution is 2.42. The van der Waals surface area contributed by atoms with Crippen LogP contribution in [0.25, 0.3) is 0 Å². The first-order valence-electron chi connectivity index (χ1n) is 24.8. The van der Waals surface area contributed by atoms with Crippen molar-refractivity contribution in [1.82, 2.24) is 0 Å². The van der Waals surface area contributed by atoms with Crippen molar-refractivity contribution in [3.8, 4) is 0 Å². The van der Waals surface area contributed by atoms with Crippen LogP contribution in [0, 0.1) is 23.7 Å². The van der Waals surface area contributed by atoms with Crippen LogP contribution in [0.15, 0.2) is 12.2 Å². The first kappa shape index (κ1) is 57.9. The summed E-state index contributed by atoms with van der Waals surface area (Å²) in [6.07, 6.45) is 16.0. The fourth-order valence-corrected chi connectivity index (χ4v) is 14.1. The standard InChI is InChI=1S/C46H84O18Si3/c1-8-9-10-14-20-37-23-24-38(21-15-12-11-13-16-22-42(47)62-65(50-2,51-3)28-17-25-56-31-39-34-59-39)44(46(49)64-67(54-6,55-7)30-19-27-58-33-41-36-61-41)43(37)45(48)63-66(52-4,53-5)29-18-26-57-32-40-35-60-40/h23-24,37-41,43-44H,8-22,25-36H2,1-7H3. The molecule has 21 heteroatoms. The number of epoxide rings is 3. The SMILES string of the molecule is CCCCCCC1C=CC(CCCCCCCC(=O)O[Si](CCCOCC2CO2)(OC)OC)C(C(=O)O[Si](CCCOCC2CO2)(OC)OC)C1C(=O)O[Si](CCCOCC1CO1)(OC)OC. The highest BCUT2D eigenvalue weighted by molar-refractivity contribution is 6.63. The molecule has 7 atom stereocenters. The van der Waals surface area contributed by atoms with Crippen LogP contribution in [0.1, 0.15) is 103 Å². The quantitative estimate of drug-likeness (QED) is 0.0279. The van der Waals surface area contributed by atoms with Crippen molar-refractivity contribution in [3.05, 3.63) is 12.2 Å². The molecule has 0 aromatic rings. The van der Waals surface area contributed by atoms with E-state index in [4.69, 9.17) is 68.3 Å². The number of hydrogen-bond donors (Lipinski definition) is 0. The first-order chi connectivity index (χ1) is 32.5. The molecule has 1 aliphatic carbocycles. The Morgan fingerprint density at radius 2 is 0.821 bits per heavy atom. The van der Waals surface area contributed by atoms with Gasteiger partial charge in [0.15, 0.2) is 0 Å². The molecule has 7 unspecified atom stereocenters. The molecule has 67 heavy (non-hydrogen) atoms. The van der Waals surface area contributed by atoms with Gasteiger partial charge in [-0.25, -0.2) is 0 Å². The normalized spacial score (nSPS) is 23.5. The minimum atomic E-state index is -3.55. The molecule has 0 spiro atoms. The van der Waals surface area contributed by atoms with Crippen LogP contribution in [-0.2, 0) is 82.6 Å². The molecule has 0 radical (unpaired) electrons. The summed E-state index contributed by atoms with van der Waals surface area (Å²) < 4.78 is 86.3. The molecule has 18 nitrogen and oxygen atoms in total. The van der Waals surface area contributed by atoms with Gasteiger partial charge in [0, 0.05) is 87.0 Å². The predicted octanol–water partition coefficient (Wildman–Crippen LogP) is 6.46. The monoisotopic (exact) mass is 1010 g/mol. The summed E-state index contributed by atoms with van der Waals surface area (Å²) in [7, 11) is -1.22. The van der Waals surface area contributed by atoms with E-state index >= 15 is 0 Å². The van der Waals surface area contributed by atoms with Gasteiger partial charge in [0.05, 0.1) is 51.5 Å². The zero-order valence-electron chi connectivity index (χ0n) is 41.6. The van der Waals surface area contributed by atoms with Gasteiger partial charge in [-0.2, -0.15) is 0 Å². The summed E-state index contributed by atoms with van der Waals surface area (Å²) >= 11 is 0. The lowest BCUT2D eigenvalue weighted by Gasteiger charge is -2.40. The van der Waals surface area contributed by atoms with Crippen molar-refractivity contribution in [1.29, 1.82) is 0 Å². The Kier molecular flexibility index (Phi) is 27.3. The van der Waals surface area contributed by atoms with E-state index in [0.717, 1.165) is 58.0 Å². The Hall–Kier alpha value is -1.68. The molecule has 3 heterocycles. The van der Waals surface area contributed by atoms with Gasteiger partial charge in [-0.15, -0.1) is 0 Å². The van der Waals surface area contributed by atoms with Crippen LogP contribution in [0.5, 0.6) is 0 Å². The van der Waals surface area contributed by atoms with Crippen LogP contribution < -0.4 is 0 Å². The minimum absolute atomic E-state index is 0.138. The number of unbranched alkanes of at least 4 members (excludes halogenated alkanes) is 7. The second-order valence-electron chi connectivity index (χ2n) is 17.9. The van der Waals surface area contributed by atoms with Crippen LogP contribution in [0.4, 0.5) is 0 Å². The molecule has 388 valence electrons. The van der Waals surface area contributed by atoms with E-state index in [-0.39, 0.29) is 42.5 Å². The number of ether oxygens (including phenoxy) is 6. The summed E-state index contributed by atoms with van der Waals surface area (Å²) in [5.74, 6) is -3.77. The van der Waals surface area contributed by atoms with Gasteiger partial charge in [0.25, 0.3) is 17.9 Å². The van der Waals surface area contributed by atoms with E-state index in [1.807, 2.05) is 0 Å². The zero-order chi connectivity index (χ0) is 48.4. The molecule has 0 aromatic heterocycles. The second-order valence-corrected chi connectivity index (χ2v) is 26.6. The van der Waals surface area contributed by atoms with Gasteiger partial charge in [-0.05, 0) is 50.4 Å². The van der Waals surface area contributed by atoms with E-state index < -0.39 is 50.2 Å². The van der Waals surface area contributed by atoms with Crippen LogP contribution in [-0.4, -0.2) is 165 Å². The Morgan fingerprint density at radius 1 is 0.478 bits per heavy atom. The number of hydrogen-bond acceptors (Lipinski definition) is 18. The molecule has 0 aromatic carbocycles. The maximum atomic E-state index is 14.9. The fourth-order valence-electron chi connectivity index (χ4n) is 8.48. The molecular formula is C46H84O18Si3. The van der Waals surface area contributed by atoms with E-state index in [1.54, 1.807) is 0 Å². The molecular weight excluding hydrogens is 925 g/mol. The topological polar surface area (TPSA) is 200 Å². The lowest BCUT2D eigenvalue weighted by Crippen LogP contribution is -2.53. The van der Waals surface area contributed by atoms with Crippen molar-refractivity contribution < 1.29 is 82.6 Å². The predicted molar refractivity (Wildman–Crippen MR) is 252 cm³/mol. The maximum Gasteiger partial charge on any atom is 0.567 e. The summed E-state index contributed by atoms with van der Waals surface area (Å²) in [5, 5.41) is 0. The molecule has 4 aliphatic rings. The molecule has 0 bridgehead atoms. The van der Waals surface area contributed by atoms with Crippen molar-refractivity contribution in [3.63, 3.8) is 0 Å². The van der Waals surface area contributed by atoms with Gasteiger partial charge in [0.2, 0.25) is 0 Å². The van der Waals surface area contributed by atoms with E-state index in [2.05, 4.69) is 19.1 Å². The number of rotatable bonds is 42. The number of carbonyl (C=O) groups excluding carboxylic acids is 3. The van der Waals surface area contributed by atoms with Crippen LogP contribution in [0.2, 0.25) is 18.1 Å². The Morgan fingerprint density at radius 3 is 1.18 bits per heavy atom. The first-order valence-corrected chi connectivity index (χ1v) is 30.6. The smallest absolute Gasteiger partial charge is 0.473 e. The van der Waals surface area contributed by atoms with Gasteiger partial charge >= 0.3 is 26.4 Å². The molecule has 3 saturated heterocycles. The molecule has 0 N–H and O–H groups in total. The molecule has 3 fully saturated rings. The van der Waals surface area contributed by atoms with Gasteiger partial charge in [-0.1, -0.05) is 70.4 Å². The van der Waals surface area contributed by atoms with Crippen molar-refractivity contribution in [2.45, 2.75) is 140 Å². The molecule has 0 amide bonds. The second kappa shape index (κ2) is 31.6. The maximum absolute atomic E-state index is 14.9.